The Balaban J connectivity index is 1.54. The van der Waals surface area contributed by atoms with E-state index >= 15 is 0 Å². The van der Waals surface area contributed by atoms with Crippen LogP contribution in [0, 0.1) is 5.82 Å². The number of furan rings is 1. The summed E-state index contributed by atoms with van der Waals surface area (Å²) in [5, 5.41) is 0. The number of pyridine rings is 1. The van der Waals surface area contributed by atoms with Crippen molar-refractivity contribution >= 4 is 21.2 Å². The van der Waals surface area contributed by atoms with Gasteiger partial charge >= 0.3 is 0 Å². The first-order valence-electron chi connectivity index (χ1n) is 9.15. The number of imidazole rings is 1. The second kappa shape index (κ2) is 6.78. The second-order valence-corrected chi connectivity index (χ2v) is 8.86. The Labute approximate surface area is 166 Å². The minimum absolute atomic E-state index is 0.0400. The van der Waals surface area contributed by atoms with Crippen molar-refractivity contribution in [3.8, 4) is 11.4 Å². The molecular formula is C20H17FN4O3S. The lowest BCUT2D eigenvalue weighted by molar-refractivity contribution is 0.454. The Bertz CT molecular complexity index is 1280. The number of fused-ring (bicyclic) bond motifs is 1. The van der Waals surface area contributed by atoms with Crippen LogP contribution in [0.25, 0.3) is 22.6 Å². The van der Waals surface area contributed by atoms with Crippen LogP contribution < -0.4 is 0 Å². The SMILES string of the molecule is O=S(=O)(c1cccc(F)c1)N1CC[C@H](n2c(-c3ccoc3)nc3cccnc32)C1. The second-order valence-electron chi connectivity index (χ2n) is 6.93. The van der Waals surface area contributed by atoms with E-state index in [1.807, 2.05) is 22.8 Å². The summed E-state index contributed by atoms with van der Waals surface area (Å²) in [5.74, 6) is 0.108. The van der Waals surface area contributed by atoms with Gasteiger partial charge in [-0.3, -0.25) is 0 Å². The predicted molar refractivity (Wildman–Crippen MR) is 104 cm³/mol. The maximum Gasteiger partial charge on any atom is 0.243 e. The maximum absolute atomic E-state index is 13.6. The third kappa shape index (κ3) is 3.02. The van der Waals surface area contributed by atoms with Crippen LogP contribution >= 0.6 is 0 Å². The number of sulfonamides is 1. The molecule has 0 bridgehead atoms. The molecule has 1 atom stereocenters. The highest BCUT2D eigenvalue weighted by Crippen LogP contribution is 2.34. The molecule has 0 unspecified atom stereocenters. The van der Waals surface area contributed by atoms with Crippen LogP contribution in [0.3, 0.4) is 0 Å². The number of hydrogen-bond acceptors (Lipinski definition) is 5. The number of benzene rings is 1. The molecule has 9 heteroatoms. The molecule has 4 aromatic rings. The number of halogens is 1. The Morgan fingerprint density at radius 3 is 2.86 bits per heavy atom. The van der Waals surface area contributed by atoms with Gasteiger partial charge in [-0.2, -0.15) is 4.31 Å². The Kier molecular flexibility index (Phi) is 4.21. The van der Waals surface area contributed by atoms with Gasteiger partial charge in [0.15, 0.2) is 5.65 Å². The van der Waals surface area contributed by atoms with Crippen molar-refractivity contribution in [1.82, 2.24) is 18.8 Å². The molecule has 1 fully saturated rings. The number of nitrogens with zero attached hydrogens (tertiary/aromatic N) is 4. The summed E-state index contributed by atoms with van der Waals surface area (Å²) in [4.78, 5) is 9.11. The van der Waals surface area contributed by atoms with Gasteiger partial charge in [0.25, 0.3) is 0 Å². The van der Waals surface area contributed by atoms with Crippen molar-refractivity contribution < 1.29 is 17.2 Å². The summed E-state index contributed by atoms with van der Waals surface area (Å²) in [6, 6.07) is 10.4. The Morgan fingerprint density at radius 2 is 2.07 bits per heavy atom. The molecule has 0 saturated carbocycles. The summed E-state index contributed by atoms with van der Waals surface area (Å²) >= 11 is 0. The molecule has 0 spiro atoms. The predicted octanol–water partition coefficient (Wildman–Crippen LogP) is 3.47. The molecule has 7 nitrogen and oxygen atoms in total. The Hall–Kier alpha value is -3.04. The standard InChI is InChI=1S/C20H17FN4O3S/c21-15-3-1-4-17(11-15)29(26,27)24-9-6-16(12-24)25-19(14-7-10-28-13-14)23-18-5-2-8-22-20(18)25/h1-5,7-8,10-11,13,16H,6,9,12H2/t16-/m0/s1. The minimum atomic E-state index is -3.78. The van der Waals surface area contributed by atoms with E-state index in [2.05, 4.69) is 9.97 Å². The first-order valence-corrected chi connectivity index (χ1v) is 10.6. The highest BCUT2D eigenvalue weighted by molar-refractivity contribution is 7.89. The van der Waals surface area contributed by atoms with E-state index in [4.69, 9.17) is 4.42 Å². The third-order valence-corrected chi connectivity index (χ3v) is 7.01. The molecule has 0 radical (unpaired) electrons. The van der Waals surface area contributed by atoms with E-state index in [9.17, 15) is 12.8 Å². The van der Waals surface area contributed by atoms with Crippen LogP contribution in [0.1, 0.15) is 12.5 Å². The van der Waals surface area contributed by atoms with Gasteiger partial charge in [-0.15, -0.1) is 0 Å². The van der Waals surface area contributed by atoms with Crippen molar-refractivity contribution in [3.63, 3.8) is 0 Å². The van der Waals surface area contributed by atoms with Gasteiger partial charge in [-0.1, -0.05) is 6.07 Å². The van der Waals surface area contributed by atoms with Crippen molar-refractivity contribution in [1.29, 1.82) is 0 Å². The lowest BCUT2D eigenvalue weighted by Gasteiger charge is -2.18. The van der Waals surface area contributed by atoms with Crippen LogP contribution in [0.5, 0.6) is 0 Å². The molecule has 1 aromatic carbocycles. The molecule has 29 heavy (non-hydrogen) atoms. The zero-order valence-corrected chi connectivity index (χ0v) is 16.1. The largest absolute Gasteiger partial charge is 0.472 e. The van der Waals surface area contributed by atoms with E-state index in [1.165, 1.54) is 22.5 Å². The minimum Gasteiger partial charge on any atom is -0.472 e. The first-order chi connectivity index (χ1) is 14.0. The summed E-state index contributed by atoms with van der Waals surface area (Å²) in [7, 11) is -3.78. The molecule has 148 valence electrons. The number of aromatic nitrogens is 3. The Morgan fingerprint density at radius 1 is 1.17 bits per heavy atom. The van der Waals surface area contributed by atoms with E-state index in [0.29, 0.717) is 24.4 Å². The van der Waals surface area contributed by atoms with Crippen molar-refractivity contribution in [2.75, 3.05) is 13.1 Å². The first kappa shape index (κ1) is 18.0. The lowest BCUT2D eigenvalue weighted by atomic mass is 10.2. The zero-order valence-electron chi connectivity index (χ0n) is 15.3. The molecule has 0 aliphatic carbocycles. The van der Waals surface area contributed by atoms with Crippen molar-refractivity contribution in [3.05, 3.63) is 67.0 Å². The van der Waals surface area contributed by atoms with E-state index in [1.54, 1.807) is 18.7 Å². The van der Waals surface area contributed by atoms with Crippen molar-refractivity contribution in [2.45, 2.75) is 17.4 Å². The van der Waals surface area contributed by atoms with Crippen molar-refractivity contribution in [2.24, 2.45) is 0 Å². The molecule has 5 rings (SSSR count). The van der Waals surface area contributed by atoms with E-state index in [-0.39, 0.29) is 17.5 Å². The van der Waals surface area contributed by atoms with E-state index < -0.39 is 15.8 Å². The fraction of sp³-hybridized carbons (Fsp3) is 0.200. The topological polar surface area (TPSA) is 81.2 Å². The molecular weight excluding hydrogens is 395 g/mol. The van der Waals surface area contributed by atoms with Crippen LogP contribution in [-0.2, 0) is 10.0 Å². The zero-order chi connectivity index (χ0) is 20.0. The fourth-order valence-electron chi connectivity index (χ4n) is 3.79. The molecule has 1 aliphatic heterocycles. The van der Waals surface area contributed by atoms with Gasteiger partial charge in [0.2, 0.25) is 10.0 Å². The molecule has 3 aromatic heterocycles. The van der Waals surface area contributed by atoms with Crippen LogP contribution in [0.15, 0.2) is 70.5 Å². The van der Waals surface area contributed by atoms with Gasteiger partial charge in [0.1, 0.15) is 23.4 Å². The highest BCUT2D eigenvalue weighted by atomic mass is 32.2. The number of rotatable bonds is 4. The van der Waals surface area contributed by atoms with Crippen LogP contribution in [0.2, 0.25) is 0 Å². The highest BCUT2D eigenvalue weighted by Gasteiger charge is 2.35. The monoisotopic (exact) mass is 412 g/mol. The van der Waals surface area contributed by atoms with Gasteiger partial charge in [-0.05, 0) is 42.8 Å². The smallest absolute Gasteiger partial charge is 0.243 e. The quantitative estimate of drug-likeness (QED) is 0.513. The summed E-state index contributed by atoms with van der Waals surface area (Å²) in [5.41, 5.74) is 2.23. The molecule has 0 N–H and O–H groups in total. The van der Waals surface area contributed by atoms with Crippen LogP contribution in [0.4, 0.5) is 4.39 Å². The van der Waals surface area contributed by atoms with Gasteiger partial charge in [0, 0.05) is 19.3 Å². The third-order valence-electron chi connectivity index (χ3n) is 5.15. The number of hydrogen-bond donors (Lipinski definition) is 0. The fourth-order valence-corrected chi connectivity index (χ4v) is 5.31. The summed E-state index contributed by atoms with van der Waals surface area (Å²) in [6.07, 6.45) is 5.47. The maximum atomic E-state index is 13.6. The van der Waals surface area contributed by atoms with Gasteiger partial charge < -0.3 is 8.98 Å². The van der Waals surface area contributed by atoms with Crippen LogP contribution in [-0.4, -0.2) is 40.3 Å². The average molecular weight is 412 g/mol. The lowest BCUT2D eigenvalue weighted by Crippen LogP contribution is -2.29. The van der Waals surface area contributed by atoms with E-state index in [0.717, 1.165) is 17.1 Å². The molecule has 0 amide bonds. The molecule has 1 saturated heterocycles. The normalized spacial score (nSPS) is 17.9. The summed E-state index contributed by atoms with van der Waals surface area (Å²) in [6.45, 7) is 0.590. The molecule has 4 heterocycles. The van der Waals surface area contributed by atoms with Gasteiger partial charge in [0.05, 0.1) is 22.8 Å². The van der Waals surface area contributed by atoms with Gasteiger partial charge in [-0.25, -0.2) is 22.8 Å². The summed E-state index contributed by atoms with van der Waals surface area (Å²) < 4.78 is 48.1. The average Bonchev–Trinajstić information content (AvgIpc) is 3.46. The molecule has 1 aliphatic rings.